The fourth-order valence-electron chi connectivity index (χ4n) is 1.97. The van der Waals surface area contributed by atoms with Gasteiger partial charge >= 0.3 is 0 Å². The van der Waals surface area contributed by atoms with Crippen molar-refractivity contribution >= 4 is 11.6 Å². The number of ether oxygens (including phenoxy) is 1. The molecule has 0 atom stereocenters. The molecule has 1 heterocycles. The van der Waals surface area contributed by atoms with Crippen LogP contribution in [0.4, 0.5) is 0 Å². The maximum absolute atomic E-state index is 5.83. The Morgan fingerprint density at radius 2 is 2.00 bits per heavy atom. The summed E-state index contributed by atoms with van der Waals surface area (Å²) in [5, 5.41) is 0. The lowest BCUT2D eigenvalue weighted by molar-refractivity contribution is 0.134. The van der Waals surface area contributed by atoms with Gasteiger partial charge in [0.25, 0.3) is 0 Å². The molecule has 1 aromatic rings. The van der Waals surface area contributed by atoms with E-state index in [0.717, 1.165) is 19.6 Å². The number of fused-ring (bicyclic) bond motifs is 1. The van der Waals surface area contributed by atoms with Crippen LogP contribution >= 0.6 is 11.6 Å². The molecular formula is C13H17ClO. The van der Waals surface area contributed by atoms with Gasteiger partial charge in [-0.3, -0.25) is 0 Å². The Balaban J connectivity index is 2.29. The van der Waals surface area contributed by atoms with Gasteiger partial charge in [-0.25, -0.2) is 0 Å². The summed E-state index contributed by atoms with van der Waals surface area (Å²) in [7, 11) is 0. The van der Waals surface area contributed by atoms with Crippen LogP contribution in [0.5, 0.6) is 0 Å². The van der Waals surface area contributed by atoms with Gasteiger partial charge in [-0.15, -0.1) is 11.6 Å². The van der Waals surface area contributed by atoms with Gasteiger partial charge in [0, 0.05) is 5.88 Å². The smallest absolute Gasteiger partial charge is 0.0725 e. The fourth-order valence-corrected chi connectivity index (χ4v) is 2.45. The van der Waals surface area contributed by atoms with Gasteiger partial charge in [-0.2, -0.15) is 0 Å². The minimum absolute atomic E-state index is 0.166. The van der Waals surface area contributed by atoms with E-state index in [1.54, 1.807) is 0 Å². The molecule has 0 aromatic heterocycles. The van der Waals surface area contributed by atoms with Gasteiger partial charge in [0.1, 0.15) is 0 Å². The van der Waals surface area contributed by atoms with Crippen LogP contribution in [0.1, 0.15) is 37.0 Å². The Morgan fingerprint density at radius 1 is 1.27 bits per heavy atom. The van der Waals surface area contributed by atoms with Gasteiger partial charge in [-0.05, 0) is 28.5 Å². The SMILES string of the molecule is CC(C)(CCCl)c1ccc2c(c1)COC2. The number of rotatable bonds is 3. The van der Waals surface area contributed by atoms with Crippen molar-refractivity contribution in [3.05, 3.63) is 34.9 Å². The molecule has 0 radical (unpaired) electrons. The van der Waals surface area contributed by atoms with E-state index in [-0.39, 0.29) is 5.41 Å². The van der Waals surface area contributed by atoms with Crippen molar-refractivity contribution in [1.82, 2.24) is 0 Å². The summed E-state index contributed by atoms with van der Waals surface area (Å²) in [4.78, 5) is 0. The minimum atomic E-state index is 0.166. The van der Waals surface area contributed by atoms with Crippen LogP contribution in [0.3, 0.4) is 0 Å². The first-order valence-corrected chi connectivity index (χ1v) is 5.93. The molecule has 1 aliphatic heterocycles. The third kappa shape index (κ3) is 2.19. The predicted octanol–water partition coefficient (Wildman–Crippen LogP) is 3.62. The quantitative estimate of drug-likeness (QED) is 0.713. The highest BCUT2D eigenvalue weighted by Gasteiger charge is 2.22. The number of benzene rings is 1. The van der Waals surface area contributed by atoms with Crippen LogP contribution in [0.25, 0.3) is 0 Å². The molecule has 0 spiro atoms. The molecule has 1 aliphatic rings. The fraction of sp³-hybridized carbons (Fsp3) is 0.538. The van der Waals surface area contributed by atoms with Crippen LogP contribution < -0.4 is 0 Å². The van der Waals surface area contributed by atoms with E-state index in [4.69, 9.17) is 16.3 Å². The molecule has 0 fully saturated rings. The summed E-state index contributed by atoms with van der Waals surface area (Å²) in [6, 6.07) is 6.67. The highest BCUT2D eigenvalue weighted by atomic mass is 35.5. The monoisotopic (exact) mass is 224 g/mol. The number of hydrogen-bond acceptors (Lipinski definition) is 1. The molecule has 2 rings (SSSR count). The lowest BCUT2D eigenvalue weighted by Crippen LogP contribution is -2.18. The maximum Gasteiger partial charge on any atom is 0.0725 e. The van der Waals surface area contributed by atoms with E-state index in [0.29, 0.717) is 5.88 Å². The van der Waals surface area contributed by atoms with Gasteiger partial charge in [0.15, 0.2) is 0 Å². The predicted molar refractivity (Wildman–Crippen MR) is 63.3 cm³/mol. The lowest BCUT2D eigenvalue weighted by Gasteiger charge is -2.24. The van der Waals surface area contributed by atoms with Gasteiger partial charge in [0.05, 0.1) is 13.2 Å². The zero-order valence-electron chi connectivity index (χ0n) is 9.35. The molecule has 2 heteroatoms. The maximum atomic E-state index is 5.83. The van der Waals surface area contributed by atoms with Crippen LogP contribution in [0.15, 0.2) is 18.2 Å². The third-order valence-electron chi connectivity index (χ3n) is 3.22. The molecule has 0 amide bonds. The number of halogens is 1. The Morgan fingerprint density at radius 3 is 2.73 bits per heavy atom. The van der Waals surface area contributed by atoms with E-state index in [9.17, 15) is 0 Å². The molecule has 82 valence electrons. The van der Waals surface area contributed by atoms with Crippen molar-refractivity contribution in [3.63, 3.8) is 0 Å². The van der Waals surface area contributed by atoms with E-state index < -0.39 is 0 Å². The van der Waals surface area contributed by atoms with Gasteiger partial charge in [-0.1, -0.05) is 32.0 Å². The zero-order chi connectivity index (χ0) is 10.9. The molecule has 0 bridgehead atoms. The third-order valence-corrected chi connectivity index (χ3v) is 3.41. The molecule has 0 unspecified atom stereocenters. The Kier molecular flexibility index (Phi) is 3.03. The molecule has 0 aliphatic carbocycles. The van der Waals surface area contributed by atoms with Gasteiger partial charge in [0.2, 0.25) is 0 Å². The average molecular weight is 225 g/mol. The van der Waals surface area contributed by atoms with E-state index in [2.05, 4.69) is 32.0 Å². The van der Waals surface area contributed by atoms with Crippen LogP contribution in [-0.4, -0.2) is 5.88 Å². The summed E-state index contributed by atoms with van der Waals surface area (Å²) in [6.45, 7) is 6.02. The normalized spacial score (nSPS) is 15.4. The van der Waals surface area contributed by atoms with E-state index >= 15 is 0 Å². The Hall–Kier alpha value is -0.530. The standard InChI is InChI=1S/C13H17ClO/c1-13(2,5-6-14)12-4-3-10-8-15-9-11(10)7-12/h3-4,7H,5-6,8-9H2,1-2H3. The van der Waals surface area contributed by atoms with E-state index in [1.165, 1.54) is 16.7 Å². The van der Waals surface area contributed by atoms with Gasteiger partial charge < -0.3 is 4.74 Å². The topological polar surface area (TPSA) is 9.23 Å². The molecular weight excluding hydrogens is 208 g/mol. The minimum Gasteiger partial charge on any atom is -0.372 e. The number of alkyl halides is 1. The molecule has 0 saturated carbocycles. The molecule has 0 saturated heterocycles. The first kappa shape index (κ1) is 11.0. The summed E-state index contributed by atoms with van der Waals surface area (Å²) >= 11 is 5.83. The molecule has 15 heavy (non-hydrogen) atoms. The van der Waals surface area contributed by atoms with E-state index in [1.807, 2.05) is 0 Å². The van der Waals surface area contributed by atoms with Crippen molar-refractivity contribution < 1.29 is 4.74 Å². The van der Waals surface area contributed by atoms with Crippen molar-refractivity contribution in [1.29, 1.82) is 0 Å². The van der Waals surface area contributed by atoms with Crippen molar-refractivity contribution in [3.8, 4) is 0 Å². The first-order chi connectivity index (χ1) is 7.13. The highest BCUT2D eigenvalue weighted by molar-refractivity contribution is 6.17. The molecule has 1 nitrogen and oxygen atoms in total. The first-order valence-electron chi connectivity index (χ1n) is 5.39. The second-order valence-corrected chi connectivity index (χ2v) is 5.18. The second-order valence-electron chi connectivity index (χ2n) is 4.80. The second kappa shape index (κ2) is 4.15. The molecule has 1 aromatic carbocycles. The highest BCUT2D eigenvalue weighted by Crippen LogP contribution is 2.31. The van der Waals surface area contributed by atoms with Crippen molar-refractivity contribution in [2.45, 2.75) is 38.9 Å². The van der Waals surface area contributed by atoms with Crippen LogP contribution in [-0.2, 0) is 23.4 Å². The lowest BCUT2D eigenvalue weighted by atomic mass is 9.81. The molecule has 0 N–H and O–H groups in total. The largest absolute Gasteiger partial charge is 0.372 e. The van der Waals surface area contributed by atoms with Crippen LogP contribution in [0.2, 0.25) is 0 Å². The summed E-state index contributed by atoms with van der Waals surface area (Å²) in [6.07, 6.45) is 1.01. The Bertz CT molecular complexity index is 358. The summed E-state index contributed by atoms with van der Waals surface area (Å²) < 4.78 is 5.42. The average Bonchev–Trinajstić information content (AvgIpc) is 2.63. The Labute approximate surface area is 96.4 Å². The van der Waals surface area contributed by atoms with Crippen LogP contribution in [0, 0.1) is 0 Å². The van der Waals surface area contributed by atoms with Crippen molar-refractivity contribution in [2.75, 3.05) is 5.88 Å². The van der Waals surface area contributed by atoms with Crippen molar-refractivity contribution in [2.24, 2.45) is 0 Å². The number of hydrogen-bond donors (Lipinski definition) is 0. The summed E-state index contributed by atoms with van der Waals surface area (Å²) in [5.41, 5.74) is 4.21. The summed E-state index contributed by atoms with van der Waals surface area (Å²) in [5.74, 6) is 0.709. The zero-order valence-corrected chi connectivity index (χ0v) is 10.1.